The van der Waals surface area contributed by atoms with E-state index in [9.17, 15) is 0 Å². The Labute approximate surface area is 102 Å². The lowest BCUT2D eigenvalue weighted by molar-refractivity contribution is -0.205. The average Bonchev–Trinajstić information content (AvgIpc) is 2.59. The van der Waals surface area contributed by atoms with Gasteiger partial charge in [-0.25, -0.2) is 0 Å². The zero-order valence-electron chi connectivity index (χ0n) is 10.7. The van der Waals surface area contributed by atoms with Crippen LogP contribution in [0.25, 0.3) is 0 Å². The van der Waals surface area contributed by atoms with E-state index >= 15 is 0 Å². The molecule has 0 aliphatic carbocycles. The Morgan fingerprint density at radius 1 is 1.35 bits per heavy atom. The second kappa shape index (κ2) is 4.21. The van der Waals surface area contributed by atoms with Gasteiger partial charge in [0.25, 0.3) is 0 Å². The summed E-state index contributed by atoms with van der Waals surface area (Å²) in [7, 11) is 1.62. The SMILES string of the molecule is COC[C@H]1OC(CC#N)[C@]2(C)OC(C)(C)O[C@H]12. The van der Waals surface area contributed by atoms with Gasteiger partial charge >= 0.3 is 0 Å². The second-order valence-electron chi connectivity index (χ2n) is 5.20. The van der Waals surface area contributed by atoms with Crippen LogP contribution in [0.15, 0.2) is 0 Å². The normalized spacial score (nSPS) is 43.4. The van der Waals surface area contributed by atoms with Gasteiger partial charge in [-0.2, -0.15) is 5.26 Å². The third-order valence-electron chi connectivity index (χ3n) is 3.37. The van der Waals surface area contributed by atoms with E-state index in [2.05, 4.69) is 6.07 Å². The van der Waals surface area contributed by atoms with Crippen LogP contribution >= 0.6 is 0 Å². The Balaban J connectivity index is 2.22. The maximum atomic E-state index is 8.85. The zero-order valence-corrected chi connectivity index (χ0v) is 10.7. The molecule has 0 aromatic heterocycles. The minimum absolute atomic E-state index is 0.176. The predicted molar refractivity (Wildman–Crippen MR) is 59.2 cm³/mol. The standard InChI is InChI=1S/C12H19NO4/c1-11(2)16-10-8(7-14-4)15-9(5-6-13)12(10,3)17-11/h8-10H,5,7H2,1-4H3/t8-,9?,10-,12+/m1/s1. The molecule has 2 aliphatic heterocycles. The molecular weight excluding hydrogens is 222 g/mol. The molecule has 2 heterocycles. The van der Waals surface area contributed by atoms with Gasteiger partial charge in [0.05, 0.1) is 19.1 Å². The van der Waals surface area contributed by atoms with Crippen LogP contribution in [0.3, 0.4) is 0 Å². The molecule has 0 saturated carbocycles. The number of nitrogens with zero attached hydrogens (tertiary/aromatic N) is 1. The smallest absolute Gasteiger partial charge is 0.164 e. The van der Waals surface area contributed by atoms with Crippen molar-refractivity contribution in [3.63, 3.8) is 0 Å². The molecule has 4 atom stereocenters. The maximum absolute atomic E-state index is 8.85. The molecule has 17 heavy (non-hydrogen) atoms. The van der Waals surface area contributed by atoms with Gasteiger partial charge in [-0.05, 0) is 20.8 Å². The van der Waals surface area contributed by atoms with Gasteiger partial charge in [0.15, 0.2) is 5.79 Å². The minimum Gasteiger partial charge on any atom is -0.382 e. The van der Waals surface area contributed by atoms with Crippen LogP contribution in [0.5, 0.6) is 0 Å². The molecule has 2 fully saturated rings. The largest absolute Gasteiger partial charge is 0.382 e. The summed E-state index contributed by atoms with van der Waals surface area (Å²) in [4.78, 5) is 0. The van der Waals surface area contributed by atoms with Crippen LogP contribution in [-0.4, -0.2) is 43.4 Å². The molecular formula is C12H19NO4. The summed E-state index contributed by atoms with van der Waals surface area (Å²) in [6, 6.07) is 2.14. The highest BCUT2D eigenvalue weighted by Gasteiger charge is 2.63. The Hall–Kier alpha value is -0.670. The molecule has 0 aromatic carbocycles. The summed E-state index contributed by atoms with van der Waals surface area (Å²) in [5.41, 5.74) is -0.567. The van der Waals surface area contributed by atoms with E-state index in [1.165, 1.54) is 0 Å². The summed E-state index contributed by atoms with van der Waals surface area (Å²) in [5, 5.41) is 8.85. The molecule has 0 spiro atoms. The first-order valence-electron chi connectivity index (χ1n) is 5.82. The fraction of sp³-hybridized carbons (Fsp3) is 0.917. The minimum atomic E-state index is -0.636. The lowest BCUT2D eigenvalue weighted by Crippen LogP contribution is -2.43. The molecule has 96 valence electrons. The third-order valence-corrected chi connectivity index (χ3v) is 3.37. The van der Waals surface area contributed by atoms with Crippen molar-refractivity contribution < 1.29 is 18.9 Å². The average molecular weight is 241 g/mol. The van der Waals surface area contributed by atoms with Crippen LogP contribution in [0.1, 0.15) is 27.2 Å². The molecule has 0 radical (unpaired) electrons. The fourth-order valence-corrected chi connectivity index (χ4v) is 2.77. The van der Waals surface area contributed by atoms with Crippen LogP contribution in [0.2, 0.25) is 0 Å². The lowest BCUT2D eigenvalue weighted by Gasteiger charge is -2.28. The van der Waals surface area contributed by atoms with Crippen LogP contribution in [-0.2, 0) is 18.9 Å². The molecule has 5 heteroatoms. The summed E-state index contributed by atoms with van der Waals surface area (Å²) in [6.07, 6.45) is -0.326. The van der Waals surface area contributed by atoms with Crippen molar-refractivity contribution in [2.75, 3.05) is 13.7 Å². The van der Waals surface area contributed by atoms with Crippen molar-refractivity contribution in [2.24, 2.45) is 0 Å². The highest BCUT2D eigenvalue weighted by atomic mass is 16.8. The van der Waals surface area contributed by atoms with E-state index in [4.69, 9.17) is 24.2 Å². The number of nitriles is 1. The van der Waals surface area contributed by atoms with Crippen molar-refractivity contribution in [2.45, 2.75) is 56.9 Å². The zero-order chi connectivity index (χ0) is 12.7. The molecule has 0 N–H and O–H groups in total. The molecule has 0 amide bonds. The van der Waals surface area contributed by atoms with E-state index in [1.54, 1.807) is 7.11 Å². The summed E-state index contributed by atoms with van der Waals surface area (Å²) in [6.45, 7) is 6.15. The van der Waals surface area contributed by atoms with Gasteiger partial charge in [0.1, 0.15) is 23.9 Å². The van der Waals surface area contributed by atoms with Crippen molar-refractivity contribution in [1.29, 1.82) is 5.26 Å². The van der Waals surface area contributed by atoms with Gasteiger partial charge in [-0.1, -0.05) is 0 Å². The molecule has 1 unspecified atom stereocenters. The molecule has 2 aliphatic rings. The predicted octanol–water partition coefficient (Wildman–Crippen LogP) is 1.22. The highest BCUT2D eigenvalue weighted by Crippen LogP contribution is 2.47. The van der Waals surface area contributed by atoms with E-state index in [-0.39, 0.29) is 18.3 Å². The van der Waals surface area contributed by atoms with Gasteiger partial charge < -0.3 is 18.9 Å². The van der Waals surface area contributed by atoms with Crippen LogP contribution in [0, 0.1) is 11.3 Å². The summed E-state index contributed by atoms with van der Waals surface area (Å²) >= 11 is 0. The Bertz CT molecular complexity index is 338. The third kappa shape index (κ3) is 2.06. The highest BCUT2D eigenvalue weighted by molar-refractivity contribution is 5.09. The number of rotatable bonds is 3. The summed E-state index contributed by atoms with van der Waals surface area (Å²) < 4.78 is 22.8. The van der Waals surface area contributed by atoms with Crippen molar-refractivity contribution >= 4 is 0 Å². The van der Waals surface area contributed by atoms with Gasteiger partial charge in [-0.15, -0.1) is 0 Å². The molecule has 5 nitrogen and oxygen atoms in total. The topological polar surface area (TPSA) is 60.7 Å². The number of hydrogen-bond acceptors (Lipinski definition) is 5. The first-order chi connectivity index (χ1) is 7.93. The Kier molecular flexibility index (Phi) is 3.17. The molecule has 0 aromatic rings. The molecule has 2 saturated heterocycles. The maximum Gasteiger partial charge on any atom is 0.164 e. The van der Waals surface area contributed by atoms with Crippen LogP contribution < -0.4 is 0 Å². The van der Waals surface area contributed by atoms with E-state index in [1.807, 2.05) is 20.8 Å². The number of methoxy groups -OCH3 is 1. The first-order valence-corrected chi connectivity index (χ1v) is 5.82. The Morgan fingerprint density at radius 2 is 2.06 bits per heavy atom. The van der Waals surface area contributed by atoms with Gasteiger partial charge in [0.2, 0.25) is 0 Å². The Morgan fingerprint density at radius 3 is 2.65 bits per heavy atom. The van der Waals surface area contributed by atoms with E-state index < -0.39 is 11.4 Å². The lowest BCUT2D eigenvalue weighted by atomic mass is 9.91. The number of hydrogen-bond donors (Lipinski definition) is 0. The number of ether oxygens (including phenoxy) is 4. The van der Waals surface area contributed by atoms with Crippen molar-refractivity contribution in [3.05, 3.63) is 0 Å². The molecule has 2 rings (SSSR count). The van der Waals surface area contributed by atoms with E-state index in [0.717, 1.165) is 0 Å². The first kappa shape index (κ1) is 12.8. The fourth-order valence-electron chi connectivity index (χ4n) is 2.77. The van der Waals surface area contributed by atoms with Gasteiger partial charge in [-0.3, -0.25) is 0 Å². The summed E-state index contributed by atoms with van der Waals surface area (Å²) in [5.74, 6) is -0.636. The number of fused-ring (bicyclic) bond motifs is 1. The second-order valence-corrected chi connectivity index (χ2v) is 5.20. The van der Waals surface area contributed by atoms with E-state index in [0.29, 0.717) is 13.0 Å². The quantitative estimate of drug-likeness (QED) is 0.743. The van der Waals surface area contributed by atoms with Crippen molar-refractivity contribution in [1.82, 2.24) is 0 Å². The van der Waals surface area contributed by atoms with Crippen LogP contribution in [0.4, 0.5) is 0 Å². The van der Waals surface area contributed by atoms with Crippen molar-refractivity contribution in [3.8, 4) is 6.07 Å². The van der Waals surface area contributed by atoms with Gasteiger partial charge in [0, 0.05) is 7.11 Å². The monoisotopic (exact) mass is 241 g/mol. The molecule has 0 bridgehead atoms.